The predicted molar refractivity (Wildman–Crippen MR) is 51.4 cm³/mol. The van der Waals surface area contributed by atoms with Crippen LogP contribution in [-0.4, -0.2) is 13.0 Å². The van der Waals surface area contributed by atoms with Crippen LogP contribution in [-0.2, 0) is 4.79 Å². The number of hydrogen-bond donors (Lipinski definition) is 1. The Labute approximate surface area is 78.0 Å². The molecular formula is C11H13NO. The van der Waals surface area contributed by atoms with Crippen molar-refractivity contribution in [1.29, 1.82) is 0 Å². The lowest BCUT2D eigenvalue weighted by molar-refractivity contribution is -0.121. The summed E-state index contributed by atoms with van der Waals surface area (Å²) in [4.78, 5) is 11.2. The summed E-state index contributed by atoms with van der Waals surface area (Å²) in [7, 11) is 1.70. The number of nitrogens with one attached hydrogen (secondary N) is 1. The van der Waals surface area contributed by atoms with Crippen LogP contribution in [0.25, 0.3) is 0 Å². The van der Waals surface area contributed by atoms with Gasteiger partial charge in [0.1, 0.15) is 0 Å². The van der Waals surface area contributed by atoms with Crippen molar-refractivity contribution in [3.63, 3.8) is 0 Å². The minimum absolute atomic E-state index is 0.175. The fourth-order valence-electron chi connectivity index (χ4n) is 1.74. The van der Waals surface area contributed by atoms with Crippen LogP contribution in [0.5, 0.6) is 0 Å². The Morgan fingerprint density at radius 2 is 2.08 bits per heavy atom. The van der Waals surface area contributed by atoms with Gasteiger partial charge >= 0.3 is 0 Å². The van der Waals surface area contributed by atoms with Gasteiger partial charge in [-0.05, 0) is 17.9 Å². The molecule has 1 saturated carbocycles. The molecule has 1 aliphatic rings. The van der Waals surface area contributed by atoms with Crippen molar-refractivity contribution in [2.75, 3.05) is 7.05 Å². The van der Waals surface area contributed by atoms with Crippen LogP contribution >= 0.6 is 0 Å². The molecule has 1 aromatic rings. The Kier molecular flexibility index (Phi) is 2.05. The Bertz CT molecular complexity index is 307. The van der Waals surface area contributed by atoms with E-state index >= 15 is 0 Å². The molecule has 2 unspecified atom stereocenters. The molecule has 1 amide bonds. The molecule has 13 heavy (non-hydrogen) atoms. The third-order valence-corrected chi connectivity index (χ3v) is 2.60. The largest absolute Gasteiger partial charge is 0.359 e. The van der Waals surface area contributed by atoms with Gasteiger partial charge in [-0.3, -0.25) is 4.79 Å². The molecular weight excluding hydrogens is 162 g/mol. The van der Waals surface area contributed by atoms with Gasteiger partial charge in [0.2, 0.25) is 5.91 Å². The summed E-state index contributed by atoms with van der Waals surface area (Å²) in [5, 5.41) is 2.69. The molecule has 0 spiro atoms. The second kappa shape index (κ2) is 3.21. The van der Waals surface area contributed by atoms with E-state index < -0.39 is 0 Å². The molecule has 1 aromatic carbocycles. The van der Waals surface area contributed by atoms with Gasteiger partial charge in [-0.1, -0.05) is 30.3 Å². The summed E-state index contributed by atoms with van der Waals surface area (Å²) >= 11 is 0. The van der Waals surface area contributed by atoms with Gasteiger partial charge in [0.15, 0.2) is 0 Å². The molecule has 1 N–H and O–H groups in total. The summed E-state index contributed by atoms with van der Waals surface area (Å²) in [6.07, 6.45) is 1.00. The van der Waals surface area contributed by atoms with Crippen molar-refractivity contribution in [3.8, 4) is 0 Å². The van der Waals surface area contributed by atoms with E-state index in [-0.39, 0.29) is 11.8 Å². The van der Waals surface area contributed by atoms with Gasteiger partial charge in [0.05, 0.1) is 0 Å². The second-order valence-corrected chi connectivity index (χ2v) is 3.47. The van der Waals surface area contributed by atoms with E-state index in [2.05, 4.69) is 17.4 Å². The first-order chi connectivity index (χ1) is 6.33. The van der Waals surface area contributed by atoms with E-state index in [9.17, 15) is 4.79 Å². The normalized spacial score (nSPS) is 25.3. The maximum Gasteiger partial charge on any atom is 0.223 e. The summed E-state index contributed by atoms with van der Waals surface area (Å²) in [5.41, 5.74) is 1.29. The van der Waals surface area contributed by atoms with Crippen molar-refractivity contribution >= 4 is 5.91 Å². The average Bonchev–Trinajstić information content (AvgIpc) is 2.98. The van der Waals surface area contributed by atoms with Crippen LogP contribution in [0, 0.1) is 5.92 Å². The van der Waals surface area contributed by atoms with Crippen molar-refractivity contribution in [2.24, 2.45) is 5.92 Å². The highest BCUT2D eigenvalue weighted by Gasteiger charge is 2.43. The number of rotatable bonds is 2. The van der Waals surface area contributed by atoms with E-state index in [0.717, 1.165) is 6.42 Å². The van der Waals surface area contributed by atoms with Crippen molar-refractivity contribution in [3.05, 3.63) is 35.9 Å². The molecule has 1 fully saturated rings. The lowest BCUT2D eigenvalue weighted by Crippen LogP contribution is -2.20. The first-order valence-electron chi connectivity index (χ1n) is 4.59. The van der Waals surface area contributed by atoms with Gasteiger partial charge in [-0.2, -0.15) is 0 Å². The maximum atomic E-state index is 11.2. The molecule has 2 rings (SSSR count). The first-order valence-corrected chi connectivity index (χ1v) is 4.59. The molecule has 0 saturated heterocycles. The van der Waals surface area contributed by atoms with Crippen LogP contribution in [0.1, 0.15) is 17.9 Å². The highest BCUT2D eigenvalue weighted by Crippen LogP contribution is 2.47. The van der Waals surface area contributed by atoms with Crippen LogP contribution in [0.2, 0.25) is 0 Å². The second-order valence-electron chi connectivity index (χ2n) is 3.47. The molecule has 0 bridgehead atoms. The fourth-order valence-corrected chi connectivity index (χ4v) is 1.74. The van der Waals surface area contributed by atoms with Gasteiger partial charge in [-0.25, -0.2) is 0 Å². The summed E-state index contributed by atoms with van der Waals surface area (Å²) < 4.78 is 0. The third-order valence-electron chi connectivity index (χ3n) is 2.60. The lowest BCUT2D eigenvalue weighted by Gasteiger charge is -1.98. The predicted octanol–water partition coefficient (Wildman–Crippen LogP) is 1.54. The van der Waals surface area contributed by atoms with Crippen molar-refractivity contribution in [2.45, 2.75) is 12.3 Å². The fraction of sp³-hybridized carbons (Fsp3) is 0.364. The summed E-state index contributed by atoms with van der Waals surface area (Å²) in [6.45, 7) is 0. The summed E-state index contributed by atoms with van der Waals surface area (Å²) in [6, 6.07) is 10.2. The average molecular weight is 175 g/mol. The topological polar surface area (TPSA) is 29.1 Å². The summed E-state index contributed by atoms with van der Waals surface area (Å²) in [5.74, 6) is 0.849. The Balaban J connectivity index is 2.04. The third kappa shape index (κ3) is 1.57. The van der Waals surface area contributed by atoms with E-state index in [0.29, 0.717) is 5.92 Å². The van der Waals surface area contributed by atoms with E-state index in [4.69, 9.17) is 0 Å². The van der Waals surface area contributed by atoms with Crippen molar-refractivity contribution < 1.29 is 4.79 Å². The van der Waals surface area contributed by atoms with Crippen LogP contribution < -0.4 is 5.32 Å². The van der Waals surface area contributed by atoms with E-state index in [1.54, 1.807) is 7.05 Å². The standard InChI is InChI=1S/C11H13NO/c1-12-11(13)10-7-9(10)8-5-3-2-4-6-8/h2-6,9-10H,7H2,1H3,(H,12,13). The Morgan fingerprint density at radius 3 is 2.69 bits per heavy atom. The molecule has 2 nitrogen and oxygen atoms in total. The smallest absolute Gasteiger partial charge is 0.223 e. The minimum Gasteiger partial charge on any atom is -0.359 e. The highest BCUT2D eigenvalue weighted by molar-refractivity contribution is 5.82. The number of hydrogen-bond acceptors (Lipinski definition) is 1. The van der Waals surface area contributed by atoms with Crippen LogP contribution in [0.4, 0.5) is 0 Å². The molecule has 0 radical (unpaired) electrons. The molecule has 0 aromatic heterocycles. The van der Waals surface area contributed by atoms with Crippen molar-refractivity contribution in [1.82, 2.24) is 5.32 Å². The maximum absolute atomic E-state index is 11.2. The molecule has 0 heterocycles. The monoisotopic (exact) mass is 175 g/mol. The number of carbonyl (C=O) groups is 1. The van der Waals surface area contributed by atoms with E-state index in [1.165, 1.54) is 5.56 Å². The number of benzene rings is 1. The van der Waals surface area contributed by atoms with Gasteiger partial charge in [0.25, 0.3) is 0 Å². The minimum atomic E-state index is 0.175. The van der Waals surface area contributed by atoms with E-state index in [1.807, 2.05) is 18.2 Å². The van der Waals surface area contributed by atoms with Gasteiger partial charge in [0, 0.05) is 13.0 Å². The molecule has 1 aliphatic carbocycles. The molecule has 2 atom stereocenters. The number of carbonyl (C=O) groups excluding carboxylic acids is 1. The Morgan fingerprint density at radius 1 is 1.38 bits per heavy atom. The molecule has 0 aliphatic heterocycles. The zero-order valence-corrected chi connectivity index (χ0v) is 7.66. The van der Waals surface area contributed by atoms with Crippen LogP contribution in [0.15, 0.2) is 30.3 Å². The van der Waals surface area contributed by atoms with Gasteiger partial charge < -0.3 is 5.32 Å². The number of amides is 1. The zero-order valence-electron chi connectivity index (χ0n) is 7.66. The van der Waals surface area contributed by atoms with Gasteiger partial charge in [-0.15, -0.1) is 0 Å². The SMILES string of the molecule is CNC(=O)C1CC1c1ccccc1. The van der Waals surface area contributed by atoms with Crippen LogP contribution in [0.3, 0.4) is 0 Å². The Hall–Kier alpha value is -1.31. The molecule has 68 valence electrons. The zero-order chi connectivity index (χ0) is 9.26. The molecule has 2 heteroatoms. The quantitative estimate of drug-likeness (QED) is 0.725. The highest BCUT2D eigenvalue weighted by atomic mass is 16.1. The lowest BCUT2D eigenvalue weighted by atomic mass is 10.1. The first kappa shape index (κ1) is 8.30.